The Bertz CT molecular complexity index is 3190. The molecule has 0 aromatic heterocycles. The van der Waals surface area contributed by atoms with Crippen molar-refractivity contribution in [2.45, 2.75) is 19.3 Å². The molecular weight excluding hydrogens is 819 g/mol. The molecule has 3 aliphatic rings. The Kier molecular flexibility index (Phi) is 12.0. The number of phenols is 1. The minimum atomic E-state index is -0.242. The summed E-state index contributed by atoms with van der Waals surface area (Å²) in [6.07, 6.45) is 21.2. The van der Waals surface area contributed by atoms with Crippen molar-refractivity contribution in [1.29, 1.82) is 5.26 Å². The molecule has 0 spiro atoms. The van der Waals surface area contributed by atoms with Crippen LogP contribution in [-0.4, -0.2) is 5.11 Å². The van der Waals surface area contributed by atoms with Gasteiger partial charge in [-0.15, -0.1) is 0 Å². The number of nitrogens with zero attached hydrogens (tertiary/aromatic N) is 3. The van der Waals surface area contributed by atoms with E-state index in [0.29, 0.717) is 22.6 Å². The molecule has 0 amide bonds. The standard InChI is InChI=1S/C62H51N3O2/c1-7-19-46(8-2)65(47-23-13-10-14-24-47)50-33-34-51(59(66)39-50)42(3)52-26-17-27-56-55-36-32-49(40-60(55)67-43(4)61(52)56)64(37-18-22-45(41-63)30-29-44-20-11-9-12-21-44)48-31-35-54-53-25-15-16-28-57(53)62(5,6)58(54)38-48/h7-40,52,61,66H,1-4H2,5-6H3. The van der Waals surface area contributed by atoms with Gasteiger partial charge in [-0.25, -0.2) is 0 Å². The highest BCUT2D eigenvalue weighted by molar-refractivity contribution is 5.87. The summed E-state index contributed by atoms with van der Waals surface area (Å²) in [5.41, 5.74) is 14.2. The first-order chi connectivity index (χ1) is 32.6. The van der Waals surface area contributed by atoms with Crippen molar-refractivity contribution in [3.8, 4) is 28.7 Å². The lowest BCUT2D eigenvalue weighted by Crippen LogP contribution is -2.26. The van der Waals surface area contributed by atoms with Crippen molar-refractivity contribution in [3.05, 3.63) is 272 Å². The van der Waals surface area contributed by atoms with Crippen LogP contribution in [0.25, 0.3) is 28.3 Å². The molecule has 0 fully saturated rings. The summed E-state index contributed by atoms with van der Waals surface area (Å²) in [4.78, 5) is 4.16. The summed E-state index contributed by atoms with van der Waals surface area (Å²) in [6, 6.07) is 49.5. The fraction of sp³-hybridized carbons (Fsp3) is 0.0806. The summed E-state index contributed by atoms with van der Waals surface area (Å²) >= 11 is 0. The zero-order valence-electron chi connectivity index (χ0n) is 37.8. The lowest BCUT2D eigenvalue weighted by Gasteiger charge is -2.37. The van der Waals surface area contributed by atoms with E-state index in [-0.39, 0.29) is 23.0 Å². The Labute approximate surface area is 394 Å². The number of fused-ring (bicyclic) bond motifs is 6. The molecule has 1 aliphatic heterocycles. The third kappa shape index (κ3) is 8.34. The topological polar surface area (TPSA) is 59.7 Å². The van der Waals surface area contributed by atoms with Crippen molar-refractivity contribution in [3.63, 3.8) is 0 Å². The molecule has 9 rings (SSSR count). The monoisotopic (exact) mass is 869 g/mol. The number of nitriles is 1. The highest BCUT2D eigenvalue weighted by Gasteiger charge is 2.38. The second-order valence-electron chi connectivity index (χ2n) is 17.3. The van der Waals surface area contributed by atoms with Gasteiger partial charge in [0.25, 0.3) is 0 Å². The number of anilines is 4. The highest BCUT2D eigenvalue weighted by atomic mass is 16.5. The first-order valence-corrected chi connectivity index (χ1v) is 22.4. The van der Waals surface area contributed by atoms with Gasteiger partial charge in [0.2, 0.25) is 0 Å². The van der Waals surface area contributed by atoms with Crippen LogP contribution in [0.15, 0.2) is 244 Å². The maximum absolute atomic E-state index is 11.7. The Morgan fingerprint density at radius 1 is 0.761 bits per heavy atom. The second kappa shape index (κ2) is 18.5. The van der Waals surface area contributed by atoms with Gasteiger partial charge >= 0.3 is 0 Å². The fourth-order valence-electron chi connectivity index (χ4n) is 9.59. The number of hydrogen-bond acceptors (Lipinski definition) is 5. The van der Waals surface area contributed by atoms with Crippen LogP contribution in [0.1, 0.15) is 41.7 Å². The van der Waals surface area contributed by atoms with E-state index in [2.05, 4.69) is 130 Å². The Hall–Kier alpha value is -8.59. The first-order valence-electron chi connectivity index (χ1n) is 22.4. The number of para-hydroxylation sites is 1. The van der Waals surface area contributed by atoms with Crippen LogP contribution in [0, 0.1) is 23.2 Å². The van der Waals surface area contributed by atoms with Crippen LogP contribution < -0.4 is 14.5 Å². The van der Waals surface area contributed by atoms with Gasteiger partial charge in [-0.3, -0.25) is 0 Å². The van der Waals surface area contributed by atoms with Crippen LogP contribution in [0.2, 0.25) is 0 Å². The molecule has 67 heavy (non-hydrogen) atoms. The second-order valence-corrected chi connectivity index (χ2v) is 17.3. The first kappa shape index (κ1) is 43.7. The minimum Gasteiger partial charge on any atom is -0.507 e. The number of hydrogen-bond donors (Lipinski definition) is 1. The maximum Gasteiger partial charge on any atom is 0.136 e. The van der Waals surface area contributed by atoms with Gasteiger partial charge in [-0.2, -0.15) is 5.26 Å². The van der Waals surface area contributed by atoms with E-state index in [1.54, 1.807) is 18.2 Å². The zero-order chi connectivity index (χ0) is 46.7. The Morgan fingerprint density at radius 3 is 2.18 bits per heavy atom. The third-order valence-corrected chi connectivity index (χ3v) is 12.9. The van der Waals surface area contributed by atoms with Crippen LogP contribution in [0.3, 0.4) is 0 Å². The largest absolute Gasteiger partial charge is 0.507 e. The van der Waals surface area contributed by atoms with Gasteiger partial charge in [-0.05, 0) is 118 Å². The summed E-state index contributed by atoms with van der Waals surface area (Å²) in [5.74, 6) is 0.915. The molecular formula is C62H51N3O2. The normalized spacial score (nSPS) is 16.8. The number of rotatable bonds is 13. The van der Waals surface area contributed by atoms with E-state index in [1.165, 1.54) is 22.3 Å². The third-order valence-electron chi connectivity index (χ3n) is 12.9. The Morgan fingerprint density at radius 2 is 1.45 bits per heavy atom. The number of aromatic hydroxyl groups is 1. The fourth-order valence-corrected chi connectivity index (χ4v) is 9.59. The van der Waals surface area contributed by atoms with Gasteiger partial charge in [0.15, 0.2) is 0 Å². The van der Waals surface area contributed by atoms with Gasteiger partial charge < -0.3 is 19.6 Å². The van der Waals surface area contributed by atoms with Crippen molar-refractivity contribution in [2.24, 2.45) is 11.8 Å². The molecule has 2 aliphatic carbocycles. The van der Waals surface area contributed by atoms with Crippen molar-refractivity contribution in [2.75, 3.05) is 9.80 Å². The lowest BCUT2D eigenvalue weighted by atomic mass is 9.72. The molecule has 326 valence electrons. The van der Waals surface area contributed by atoms with E-state index in [1.807, 2.05) is 114 Å². The SMILES string of the molecule is C=CC=C(C=C)N(c1ccccc1)c1ccc(C(=C)C2C=CC=C3c4ccc(N(C=CC=C(C#N)C=Cc5ccccc5)c5ccc6c(c5)C(C)(C)c5ccccc5-6)cc4OC(=C)C32)c(O)c1. The zero-order valence-corrected chi connectivity index (χ0v) is 37.8. The molecule has 0 saturated carbocycles. The van der Waals surface area contributed by atoms with Crippen LogP contribution >= 0.6 is 0 Å². The molecule has 0 saturated heterocycles. The van der Waals surface area contributed by atoms with Crippen molar-refractivity contribution < 1.29 is 9.84 Å². The molecule has 2 atom stereocenters. The van der Waals surface area contributed by atoms with Gasteiger partial charge in [0, 0.05) is 69.2 Å². The minimum absolute atomic E-state index is 0.109. The molecule has 2 unspecified atom stereocenters. The number of benzene rings is 6. The van der Waals surface area contributed by atoms with E-state index in [0.717, 1.165) is 50.7 Å². The van der Waals surface area contributed by atoms with Crippen LogP contribution in [0.4, 0.5) is 22.7 Å². The highest BCUT2D eigenvalue weighted by Crippen LogP contribution is 2.53. The molecule has 6 aromatic carbocycles. The lowest BCUT2D eigenvalue weighted by molar-refractivity contribution is 0.349. The van der Waals surface area contributed by atoms with E-state index < -0.39 is 0 Å². The smallest absolute Gasteiger partial charge is 0.136 e. The van der Waals surface area contributed by atoms with E-state index in [9.17, 15) is 10.4 Å². The van der Waals surface area contributed by atoms with Gasteiger partial charge in [-0.1, -0.05) is 149 Å². The number of allylic oxidation sites excluding steroid dienone is 12. The van der Waals surface area contributed by atoms with E-state index in [4.69, 9.17) is 4.74 Å². The summed E-state index contributed by atoms with van der Waals surface area (Å²) < 4.78 is 6.70. The summed E-state index contributed by atoms with van der Waals surface area (Å²) in [7, 11) is 0. The molecule has 0 radical (unpaired) electrons. The molecule has 1 heterocycles. The predicted octanol–water partition coefficient (Wildman–Crippen LogP) is 15.7. The summed E-state index contributed by atoms with van der Waals surface area (Å²) in [6.45, 7) is 21.5. The van der Waals surface area contributed by atoms with Crippen LogP contribution in [0.5, 0.6) is 11.5 Å². The molecule has 1 N–H and O–H groups in total. The summed E-state index contributed by atoms with van der Waals surface area (Å²) in [5, 5.41) is 21.8. The molecule has 5 nitrogen and oxygen atoms in total. The number of phenolic OH excluding ortho intramolecular Hbond substituents is 1. The molecule has 5 heteroatoms. The van der Waals surface area contributed by atoms with Crippen LogP contribution in [-0.2, 0) is 5.41 Å². The Balaban J connectivity index is 1.04. The van der Waals surface area contributed by atoms with E-state index >= 15 is 0 Å². The average Bonchev–Trinajstić information content (AvgIpc) is 3.58. The van der Waals surface area contributed by atoms with Crippen molar-refractivity contribution >= 4 is 40.0 Å². The molecule has 0 bridgehead atoms. The average molecular weight is 870 g/mol. The maximum atomic E-state index is 11.7. The van der Waals surface area contributed by atoms with Gasteiger partial charge in [0.1, 0.15) is 17.3 Å². The molecule has 6 aromatic rings. The predicted molar refractivity (Wildman–Crippen MR) is 279 cm³/mol. The number of ether oxygens (including phenoxy) is 1. The van der Waals surface area contributed by atoms with Crippen molar-refractivity contribution in [1.82, 2.24) is 0 Å². The quantitative estimate of drug-likeness (QED) is 0.0925. The van der Waals surface area contributed by atoms with Gasteiger partial charge in [0.05, 0.1) is 17.6 Å².